The number of amides is 1. The summed E-state index contributed by atoms with van der Waals surface area (Å²) in [7, 11) is 0. The van der Waals surface area contributed by atoms with Crippen LogP contribution in [0.1, 0.15) is 16.1 Å². The van der Waals surface area contributed by atoms with Crippen LogP contribution in [0.5, 0.6) is 0 Å². The molecule has 2 rings (SSSR count). The largest absolute Gasteiger partial charge is 0.323 e. The first-order valence-electron chi connectivity index (χ1n) is 5.60. The predicted octanol–water partition coefficient (Wildman–Crippen LogP) is 2.58. The van der Waals surface area contributed by atoms with E-state index in [0.717, 1.165) is 5.56 Å². The van der Waals surface area contributed by atoms with Crippen molar-refractivity contribution >= 4 is 28.9 Å². The molecular weight excluding hydrogens is 264 g/mol. The summed E-state index contributed by atoms with van der Waals surface area (Å²) in [5.74, 6) is 4.92. The summed E-state index contributed by atoms with van der Waals surface area (Å²) in [6.07, 6.45) is 1.48. The van der Waals surface area contributed by atoms with Gasteiger partial charge in [-0.2, -0.15) is 0 Å². The molecule has 1 aromatic carbocycles. The van der Waals surface area contributed by atoms with Crippen LogP contribution < -0.4 is 16.6 Å². The number of nitrogens with two attached hydrogens (primary N) is 1. The van der Waals surface area contributed by atoms with E-state index in [9.17, 15) is 4.79 Å². The van der Waals surface area contributed by atoms with Gasteiger partial charge in [-0.05, 0) is 36.8 Å². The summed E-state index contributed by atoms with van der Waals surface area (Å²) in [5.41, 5.74) is 4.96. The molecule has 0 saturated carbocycles. The molecule has 0 spiro atoms. The van der Waals surface area contributed by atoms with Crippen molar-refractivity contribution in [1.29, 1.82) is 0 Å². The smallest absolute Gasteiger partial charge is 0.274 e. The molecule has 0 atom stereocenters. The number of aryl methyl sites for hydroxylation is 1. The van der Waals surface area contributed by atoms with Crippen LogP contribution >= 0.6 is 11.6 Å². The van der Waals surface area contributed by atoms with E-state index in [2.05, 4.69) is 15.7 Å². The molecule has 0 radical (unpaired) electrons. The molecular formula is C13H13ClN4O. The van der Waals surface area contributed by atoms with E-state index >= 15 is 0 Å². The number of nitrogen functional groups attached to an aromatic ring is 1. The van der Waals surface area contributed by atoms with Crippen LogP contribution in [-0.2, 0) is 0 Å². The van der Waals surface area contributed by atoms with E-state index in [1.54, 1.807) is 24.3 Å². The number of nitrogens with zero attached hydrogens (tertiary/aromatic N) is 1. The van der Waals surface area contributed by atoms with Crippen molar-refractivity contribution in [3.8, 4) is 0 Å². The highest BCUT2D eigenvalue weighted by Gasteiger charge is 2.08. The normalized spacial score (nSPS) is 10.1. The molecule has 0 aliphatic carbocycles. The number of hydrogen-bond donors (Lipinski definition) is 3. The lowest BCUT2D eigenvalue weighted by Gasteiger charge is -2.07. The first-order valence-corrected chi connectivity index (χ1v) is 5.98. The molecule has 19 heavy (non-hydrogen) atoms. The molecule has 0 unspecified atom stereocenters. The summed E-state index contributed by atoms with van der Waals surface area (Å²) in [6, 6.07) is 8.58. The van der Waals surface area contributed by atoms with Crippen molar-refractivity contribution in [2.24, 2.45) is 5.84 Å². The van der Waals surface area contributed by atoms with Gasteiger partial charge < -0.3 is 10.7 Å². The maximum atomic E-state index is 11.9. The Morgan fingerprint density at radius 3 is 2.58 bits per heavy atom. The number of hydrogen-bond acceptors (Lipinski definition) is 4. The van der Waals surface area contributed by atoms with Crippen LogP contribution in [0.15, 0.2) is 36.5 Å². The number of pyridine rings is 1. The number of aromatic nitrogens is 1. The SMILES string of the molecule is Cc1ccc(NC(=O)c2ccc(NN)cn2)cc1Cl. The Balaban J connectivity index is 2.13. The fourth-order valence-corrected chi connectivity index (χ4v) is 1.66. The number of rotatable bonds is 3. The fourth-order valence-electron chi connectivity index (χ4n) is 1.48. The summed E-state index contributed by atoms with van der Waals surface area (Å²) in [4.78, 5) is 15.9. The second kappa shape index (κ2) is 5.69. The summed E-state index contributed by atoms with van der Waals surface area (Å²) in [6.45, 7) is 1.90. The lowest BCUT2D eigenvalue weighted by atomic mass is 10.2. The first-order chi connectivity index (χ1) is 9.10. The fraction of sp³-hybridized carbons (Fsp3) is 0.0769. The average molecular weight is 277 g/mol. The second-order valence-electron chi connectivity index (χ2n) is 3.99. The molecule has 2 aromatic rings. The number of benzene rings is 1. The van der Waals surface area contributed by atoms with Gasteiger partial charge in [-0.25, -0.2) is 4.98 Å². The molecule has 0 bridgehead atoms. The van der Waals surface area contributed by atoms with Gasteiger partial charge in [0.25, 0.3) is 5.91 Å². The predicted molar refractivity (Wildman–Crippen MR) is 76.2 cm³/mol. The zero-order valence-corrected chi connectivity index (χ0v) is 11.0. The van der Waals surface area contributed by atoms with Gasteiger partial charge in [0.05, 0.1) is 11.9 Å². The summed E-state index contributed by atoms with van der Waals surface area (Å²) < 4.78 is 0. The van der Waals surface area contributed by atoms with E-state index in [4.69, 9.17) is 17.4 Å². The van der Waals surface area contributed by atoms with Crippen LogP contribution in [0, 0.1) is 6.92 Å². The minimum atomic E-state index is -0.302. The van der Waals surface area contributed by atoms with E-state index in [0.29, 0.717) is 22.1 Å². The van der Waals surface area contributed by atoms with Gasteiger partial charge in [-0.15, -0.1) is 0 Å². The average Bonchev–Trinajstić information content (AvgIpc) is 2.43. The lowest BCUT2D eigenvalue weighted by molar-refractivity contribution is 0.102. The van der Waals surface area contributed by atoms with Crippen LogP contribution in [-0.4, -0.2) is 10.9 Å². The maximum Gasteiger partial charge on any atom is 0.274 e. The number of halogens is 1. The topological polar surface area (TPSA) is 80.0 Å². The molecule has 0 aliphatic rings. The quantitative estimate of drug-likeness (QED) is 0.595. The lowest BCUT2D eigenvalue weighted by Crippen LogP contribution is -2.14. The van der Waals surface area contributed by atoms with Gasteiger partial charge in [-0.3, -0.25) is 10.6 Å². The van der Waals surface area contributed by atoms with Gasteiger partial charge in [0.1, 0.15) is 5.69 Å². The Kier molecular flexibility index (Phi) is 3.99. The molecule has 1 aromatic heterocycles. The highest BCUT2D eigenvalue weighted by Crippen LogP contribution is 2.20. The van der Waals surface area contributed by atoms with Gasteiger partial charge in [0.2, 0.25) is 0 Å². The zero-order valence-electron chi connectivity index (χ0n) is 10.3. The Hall–Kier alpha value is -2.11. The van der Waals surface area contributed by atoms with Crippen molar-refractivity contribution in [3.05, 3.63) is 52.8 Å². The second-order valence-corrected chi connectivity index (χ2v) is 4.40. The maximum absolute atomic E-state index is 11.9. The van der Waals surface area contributed by atoms with Crippen molar-refractivity contribution in [2.45, 2.75) is 6.92 Å². The van der Waals surface area contributed by atoms with Crippen molar-refractivity contribution in [1.82, 2.24) is 4.98 Å². The number of carbonyl (C=O) groups excluding carboxylic acids is 1. The van der Waals surface area contributed by atoms with Gasteiger partial charge >= 0.3 is 0 Å². The highest BCUT2D eigenvalue weighted by atomic mass is 35.5. The van der Waals surface area contributed by atoms with Gasteiger partial charge in [0.15, 0.2) is 0 Å². The number of nitrogens with one attached hydrogen (secondary N) is 2. The van der Waals surface area contributed by atoms with E-state index in [-0.39, 0.29) is 5.91 Å². The van der Waals surface area contributed by atoms with Crippen LogP contribution in [0.2, 0.25) is 5.02 Å². The molecule has 1 heterocycles. The third kappa shape index (κ3) is 3.21. The van der Waals surface area contributed by atoms with Crippen molar-refractivity contribution in [2.75, 3.05) is 10.7 Å². The number of carbonyl (C=O) groups is 1. The van der Waals surface area contributed by atoms with Crippen molar-refractivity contribution < 1.29 is 4.79 Å². The zero-order chi connectivity index (χ0) is 13.8. The van der Waals surface area contributed by atoms with Crippen molar-refractivity contribution in [3.63, 3.8) is 0 Å². The Bertz CT molecular complexity index is 598. The molecule has 1 amide bonds. The summed E-state index contributed by atoms with van der Waals surface area (Å²) in [5, 5.41) is 3.33. The molecule has 98 valence electrons. The third-order valence-corrected chi connectivity index (χ3v) is 3.00. The molecule has 4 N–H and O–H groups in total. The number of hydrazine groups is 1. The standard InChI is InChI=1S/C13H13ClN4O/c1-8-2-3-9(6-11(8)14)17-13(19)12-5-4-10(18-15)7-16-12/h2-7,18H,15H2,1H3,(H,17,19). The van der Waals surface area contributed by atoms with Gasteiger partial charge in [-0.1, -0.05) is 17.7 Å². The molecule has 0 aliphatic heterocycles. The van der Waals surface area contributed by atoms with Crippen LogP contribution in [0.25, 0.3) is 0 Å². The monoisotopic (exact) mass is 276 g/mol. The molecule has 0 fully saturated rings. The van der Waals surface area contributed by atoms with E-state index < -0.39 is 0 Å². The molecule has 6 heteroatoms. The van der Waals surface area contributed by atoms with Crippen LogP contribution in [0.3, 0.4) is 0 Å². The summed E-state index contributed by atoms with van der Waals surface area (Å²) >= 11 is 5.99. The van der Waals surface area contributed by atoms with Gasteiger partial charge in [0, 0.05) is 10.7 Å². The minimum absolute atomic E-state index is 0.302. The van der Waals surface area contributed by atoms with Crippen LogP contribution in [0.4, 0.5) is 11.4 Å². The Morgan fingerprint density at radius 1 is 1.26 bits per heavy atom. The minimum Gasteiger partial charge on any atom is -0.323 e. The first kappa shape index (κ1) is 13.3. The highest BCUT2D eigenvalue weighted by molar-refractivity contribution is 6.31. The Labute approximate surface area is 115 Å². The Morgan fingerprint density at radius 2 is 2.00 bits per heavy atom. The molecule has 5 nitrogen and oxygen atoms in total. The van der Waals surface area contributed by atoms with E-state index in [1.165, 1.54) is 6.20 Å². The third-order valence-electron chi connectivity index (χ3n) is 2.59. The van der Waals surface area contributed by atoms with E-state index in [1.807, 2.05) is 13.0 Å². The molecule has 0 saturated heterocycles. The number of anilines is 2.